The Kier molecular flexibility index (Phi) is 4.85. The van der Waals surface area contributed by atoms with E-state index in [0.29, 0.717) is 5.75 Å². The molecule has 1 N–H and O–H groups in total. The van der Waals surface area contributed by atoms with E-state index in [-0.39, 0.29) is 19.6 Å². The van der Waals surface area contributed by atoms with Gasteiger partial charge in [-0.25, -0.2) is 4.98 Å². The number of rotatable bonds is 7. The highest BCUT2D eigenvalue weighted by atomic mass is 32.1. The van der Waals surface area contributed by atoms with Crippen LogP contribution in [0.25, 0.3) is 11.3 Å². The van der Waals surface area contributed by atoms with Crippen LogP contribution in [0, 0.1) is 0 Å². The van der Waals surface area contributed by atoms with Crippen molar-refractivity contribution in [2.45, 2.75) is 20.0 Å². The number of thiazole rings is 1. The van der Waals surface area contributed by atoms with E-state index >= 15 is 0 Å². The Balaban J connectivity index is 1.88. The van der Waals surface area contributed by atoms with Crippen LogP contribution in [0.4, 0.5) is 0 Å². The molecule has 1 unspecified atom stereocenters. The summed E-state index contributed by atoms with van der Waals surface area (Å²) in [7, 11) is -3.30. The molecule has 1 aromatic heterocycles. The number of fused-ring (bicyclic) bond motifs is 3. The van der Waals surface area contributed by atoms with Crippen molar-refractivity contribution in [3.8, 4) is 17.0 Å². The molecule has 0 aliphatic heterocycles. The second kappa shape index (κ2) is 6.71. The second-order valence-electron chi connectivity index (χ2n) is 4.91. The molecule has 0 saturated carbocycles. The summed E-state index contributed by atoms with van der Waals surface area (Å²) >= 11 is 1.40. The minimum atomic E-state index is -3.30. The highest BCUT2D eigenvalue weighted by Gasteiger charge is 2.33. The first-order chi connectivity index (χ1) is 11.1. The maximum Gasteiger partial charge on any atom is 0.367 e. The van der Waals surface area contributed by atoms with Crippen LogP contribution < -0.4 is 4.74 Å². The third-order valence-corrected chi connectivity index (χ3v) is 6.09. The molecule has 0 amide bonds. The van der Waals surface area contributed by atoms with Gasteiger partial charge in [0.1, 0.15) is 11.9 Å². The van der Waals surface area contributed by atoms with Crippen LogP contribution in [0.1, 0.15) is 30.4 Å². The van der Waals surface area contributed by atoms with Gasteiger partial charge in [-0.3, -0.25) is 4.57 Å². The van der Waals surface area contributed by atoms with Gasteiger partial charge in [0.05, 0.1) is 29.3 Å². The number of hydrogen-bond acceptors (Lipinski definition) is 7. The lowest BCUT2D eigenvalue weighted by molar-refractivity contribution is 0.197. The van der Waals surface area contributed by atoms with Gasteiger partial charge in [0.2, 0.25) is 0 Å². The molecule has 1 aromatic carbocycles. The molecule has 1 atom stereocenters. The fourth-order valence-corrected chi connectivity index (χ4v) is 4.68. The summed E-state index contributed by atoms with van der Waals surface area (Å²) in [6.45, 7) is 4.07. The van der Waals surface area contributed by atoms with E-state index in [4.69, 9.17) is 13.8 Å². The Morgan fingerprint density at radius 3 is 2.74 bits per heavy atom. The highest BCUT2D eigenvalue weighted by molar-refractivity contribution is 7.53. The molecule has 124 valence electrons. The average Bonchev–Trinajstić information content (AvgIpc) is 3.10. The first-order valence-corrected chi connectivity index (χ1v) is 9.96. The molecule has 2 aromatic rings. The van der Waals surface area contributed by atoms with E-state index < -0.39 is 13.7 Å². The summed E-state index contributed by atoms with van der Waals surface area (Å²) in [6.07, 6.45) is -0.873. The monoisotopic (exact) mass is 355 g/mol. The van der Waals surface area contributed by atoms with Gasteiger partial charge in [0, 0.05) is 5.56 Å². The lowest BCUT2D eigenvalue weighted by atomic mass is 10.1. The quantitative estimate of drug-likeness (QED) is 0.761. The topological polar surface area (TPSA) is 77.9 Å². The highest BCUT2D eigenvalue weighted by Crippen LogP contribution is 2.51. The summed E-state index contributed by atoms with van der Waals surface area (Å²) in [5, 5.41) is 10.4. The van der Waals surface area contributed by atoms with Crippen molar-refractivity contribution in [3.05, 3.63) is 34.2 Å². The van der Waals surface area contributed by atoms with E-state index in [1.807, 2.05) is 6.07 Å². The molecule has 3 rings (SSSR count). The van der Waals surface area contributed by atoms with Crippen molar-refractivity contribution >= 4 is 18.9 Å². The fourth-order valence-electron chi connectivity index (χ4n) is 2.58. The first kappa shape index (κ1) is 16.6. The predicted molar refractivity (Wildman–Crippen MR) is 88.0 cm³/mol. The SMILES string of the molecule is CCOP(=O)(COc1cccc2c1-c1ncsc1C2O)OCC. The van der Waals surface area contributed by atoms with E-state index in [1.165, 1.54) is 11.3 Å². The molecule has 0 radical (unpaired) electrons. The van der Waals surface area contributed by atoms with Crippen LogP contribution in [0.15, 0.2) is 23.7 Å². The molecular weight excluding hydrogens is 337 g/mol. The summed E-state index contributed by atoms with van der Waals surface area (Å²) in [4.78, 5) is 5.11. The smallest absolute Gasteiger partial charge is 0.367 e. The van der Waals surface area contributed by atoms with Gasteiger partial charge in [0.25, 0.3) is 0 Å². The van der Waals surface area contributed by atoms with Crippen molar-refractivity contribution in [3.63, 3.8) is 0 Å². The minimum absolute atomic E-state index is 0.180. The van der Waals surface area contributed by atoms with Crippen molar-refractivity contribution in [1.29, 1.82) is 0 Å². The van der Waals surface area contributed by atoms with E-state index in [0.717, 1.165) is 21.7 Å². The Hall–Kier alpha value is -1.24. The molecule has 8 heteroatoms. The van der Waals surface area contributed by atoms with Crippen LogP contribution in [-0.2, 0) is 13.6 Å². The normalized spacial score (nSPS) is 16.2. The number of nitrogens with zero attached hydrogens (tertiary/aromatic N) is 1. The molecule has 23 heavy (non-hydrogen) atoms. The summed E-state index contributed by atoms with van der Waals surface area (Å²) in [5.41, 5.74) is 3.91. The summed E-state index contributed by atoms with van der Waals surface area (Å²) in [5.74, 6) is 0.519. The number of aromatic nitrogens is 1. The zero-order valence-corrected chi connectivity index (χ0v) is 14.6. The number of benzene rings is 1. The molecule has 1 aliphatic rings. The molecule has 1 heterocycles. The Bertz CT molecular complexity index is 737. The van der Waals surface area contributed by atoms with Crippen LogP contribution in [0.3, 0.4) is 0 Å². The molecule has 6 nitrogen and oxygen atoms in total. The zero-order valence-electron chi connectivity index (χ0n) is 12.9. The molecule has 0 saturated heterocycles. The van der Waals surface area contributed by atoms with Crippen molar-refractivity contribution in [2.24, 2.45) is 0 Å². The Labute approximate surface area is 138 Å². The Morgan fingerprint density at radius 1 is 1.30 bits per heavy atom. The Morgan fingerprint density at radius 2 is 2.04 bits per heavy atom. The average molecular weight is 355 g/mol. The first-order valence-electron chi connectivity index (χ1n) is 7.35. The summed E-state index contributed by atoms with van der Waals surface area (Å²) < 4.78 is 28.7. The number of ether oxygens (including phenoxy) is 1. The van der Waals surface area contributed by atoms with Gasteiger partial charge in [-0.05, 0) is 25.5 Å². The van der Waals surface area contributed by atoms with Crippen LogP contribution >= 0.6 is 18.9 Å². The van der Waals surface area contributed by atoms with Crippen molar-refractivity contribution in [2.75, 3.05) is 19.6 Å². The second-order valence-corrected chi connectivity index (χ2v) is 7.79. The maximum atomic E-state index is 12.5. The lowest BCUT2D eigenvalue weighted by Crippen LogP contribution is -2.06. The molecular formula is C15H18NO5PS. The number of aliphatic hydroxyl groups excluding tert-OH is 1. The van der Waals surface area contributed by atoms with E-state index in [2.05, 4.69) is 4.98 Å². The van der Waals surface area contributed by atoms with Gasteiger partial charge in [-0.2, -0.15) is 0 Å². The number of hydrogen-bond donors (Lipinski definition) is 1. The summed E-state index contributed by atoms with van der Waals surface area (Å²) in [6, 6.07) is 5.40. The van der Waals surface area contributed by atoms with Gasteiger partial charge >= 0.3 is 7.60 Å². The van der Waals surface area contributed by atoms with Crippen LogP contribution in [-0.4, -0.2) is 29.7 Å². The molecule has 0 fully saturated rings. The standard InChI is InChI=1S/C15H18NO5PS/c1-3-20-22(18,21-4-2)9-19-11-7-5-6-10-12(11)13-15(14(10)17)23-8-16-13/h5-8,14,17H,3-4,9H2,1-2H3. The zero-order chi connectivity index (χ0) is 16.4. The van der Waals surface area contributed by atoms with E-state index in [9.17, 15) is 9.67 Å². The van der Waals surface area contributed by atoms with Crippen molar-refractivity contribution in [1.82, 2.24) is 4.98 Å². The van der Waals surface area contributed by atoms with Gasteiger partial charge in [-0.15, -0.1) is 11.3 Å². The third kappa shape index (κ3) is 3.07. The molecule has 0 spiro atoms. The fraction of sp³-hybridized carbons (Fsp3) is 0.400. The molecule has 1 aliphatic carbocycles. The van der Waals surface area contributed by atoms with Crippen molar-refractivity contribution < 1.29 is 23.5 Å². The maximum absolute atomic E-state index is 12.5. The van der Waals surface area contributed by atoms with Crippen LogP contribution in [0.2, 0.25) is 0 Å². The van der Waals surface area contributed by atoms with Gasteiger partial charge < -0.3 is 18.9 Å². The predicted octanol–water partition coefficient (Wildman–Crippen LogP) is 3.81. The molecule has 0 bridgehead atoms. The number of aliphatic hydroxyl groups is 1. The van der Waals surface area contributed by atoms with Crippen LogP contribution in [0.5, 0.6) is 5.75 Å². The van der Waals surface area contributed by atoms with E-state index in [1.54, 1.807) is 31.5 Å². The van der Waals surface area contributed by atoms with Gasteiger partial charge in [0.15, 0.2) is 6.35 Å². The minimum Gasteiger partial charge on any atom is -0.480 e. The lowest BCUT2D eigenvalue weighted by Gasteiger charge is -2.18. The van der Waals surface area contributed by atoms with Gasteiger partial charge in [-0.1, -0.05) is 12.1 Å². The largest absolute Gasteiger partial charge is 0.480 e. The third-order valence-electron chi connectivity index (χ3n) is 3.46.